The second kappa shape index (κ2) is 8.28. The largest absolute Gasteiger partial charge is 0.507 e. The number of thiophene rings is 2. The molecule has 3 nitrogen and oxygen atoms in total. The van der Waals surface area contributed by atoms with Crippen molar-refractivity contribution in [2.75, 3.05) is 0 Å². The zero-order valence-electron chi connectivity index (χ0n) is 17.6. The molecule has 0 saturated heterocycles. The molecule has 0 aliphatic carbocycles. The van der Waals surface area contributed by atoms with Gasteiger partial charge in [-0.15, -0.1) is 29.5 Å². The molecule has 0 unspecified atom stereocenters. The van der Waals surface area contributed by atoms with Gasteiger partial charge in [-0.25, -0.2) is 4.98 Å². The minimum Gasteiger partial charge on any atom is -0.507 e. The molecule has 7 aromatic rings. The number of hydrogen-bond acceptors (Lipinski definition) is 5. The van der Waals surface area contributed by atoms with Gasteiger partial charge in [0.1, 0.15) is 5.75 Å². The number of aromatic hydroxyl groups is 1. The number of pyridine rings is 2. The molecule has 6 heteroatoms. The van der Waals surface area contributed by atoms with E-state index < -0.39 is 0 Å². The van der Waals surface area contributed by atoms with Crippen LogP contribution in [0.3, 0.4) is 0 Å². The van der Waals surface area contributed by atoms with Crippen LogP contribution in [0.25, 0.3) is 63.0 Å². The zero-order chi connectivity index (χ0) is 21.9. The Bertz CT molecular complexity index is 1840. The Kier molecular flexibility index (Phi) is 5.22. The number of rotatable bonds is 2. The number of para-hydroxylation sites is 1. The van der Waals surface area contributed by atoms with Crippen LogP contribution in [-0.2, 0) is 21.1 Å². The van der Waals surface area contributed by atoms with Crippen LogP contribution >= 0.6 is 22.7 Å². The Labute approximate surface area is 217 Å². The van der Waals surface area contributed by atoms with Gasteiger partial charge in [0.25, 0.3) is 0 Å². The third-order valence-corrected chi connectivity index (χ3v) is 8.17. The number of nitrogens with zero attached hydrogens (tertiary/aromatic N) is 2. The molecule has 7 rings (SSSR count). The van der Waals surface area contributed by atoms with Crippen LogP contribution in [0.4, 0.5) is 0 Å². The number of aromatic nitrogens is 2. The molecule has 166 valence electrons. The Hall–Kier alpha value is -3.11. The summed E-state index contributed by atoms with van der Waals surface area (Å²) >= 11 is 3.53. The summed E-state index contributed by atoms with van der Waals surface area (Å²) in [4.78, 5) is 9.55. The van der Waals surface area contributed by atoms with E-state index in [-0.39, 0.29) is 26.8 Å². The Morgan fingerprint density at radius 1 is 0.676 bits per heavy atom. The summed E-state index contributed by atoms with van der Waals surface area (Å²) in [6.07, 6.45) is 1.81. The monoisotopic (exact) mass is 654 g/mol. The Morgan fingerprint density at radius 3 is 2.24 bits per heavy atom. The van der Waals surface area contributed by atoms with Crippen molar-refractivity contribution in [2.45, 2.75) is 0 Å². The van der Waals surface area contributed by atoms with E-state index in [4.69, 9.17) is 4.98 Å². The van der Waals surface area contributed by atoms with Crippen LogP contribution < -0.4 is 0 Å². The number of phenols is 1. The van der Waals surface area contributed by atoms with E-state index in [0.29, 0.717) is 0 Å². The van der Waals surface area contributed by atoms with Crippen molar-refractivity contribution in [3.8, 4) is 28.3 Å². The smallest absolute Gasteiger partial charge is 0.124 e. The number of phenolic OH excluding ortho intramolecular Hbond substituents is 1. The van der Waals surface area contributed by atoms with Crippen molar-refractivity contribution < 1.29 is 26.2 Å². The molecular formula is C28H15N2OPtS2-. The van der Waals surface area contributed by atoms with Crippen LogP contribution in [0.2, 0.25) is 0 Å². The summed E-state index contributed by atoms with van der Waals surface area (Å²) in [5, 5.41) is 13.8. The van der Waals surface area contributed by atoms with Gasteiger partial charge >= 0.3 is 0 Å². The fourth-order valence-corrected chi connectivity index (χ4v) is 6.55. The van der Waals surface area contributed by atoms with Gasteiger partial charge in [0.15, 0.2) is 0 Å². The standard InChI is InChI=1S/C28H15N2OS2.Pt/c31-21-7-2-1-5-17(21)20-9-11-25-28(30-20)27-24(33-25)13-12-23-26(27)18-15-16(8-10-22(18)32-23)19-6-3-4-14-29-19;/h1-14,31H;/q-1;. The third kappa shape index (κ3) is 3.27. The van der Waals surface area contributed by atoms with Crippen LogP contribution in [0.5, 0.6) is 5.75 Å². The first-order chi connectivity index (χ1) is 16.3. The molecule has 3 aromatic carbocycles. The van der Waals surface area contributed by atoms with Gasteiger partial charge < -0.3 is 5.11 Å². The van der Waals surface area contributed by atoms with Crippen molar-refractivity contribution in [3.63, 3.8) is 0 Å². The summed E-state index contributed by atoms with van der Waals surface area (Å²) in [5.41, 5.74) is 4.39. The van der Waals surface area contributed by atoms with Crippen molar-refractivity contribution in [1.82, 2.24) is 9.97 Å². The van der Waals surface area contributed by atoms with Gasteiger partial charge in [-0.3, -0.25) is 4.98 Å². The quantitative estimate of drug-likeness (QED) is 0.192. The second-order valence-electron chi connectivity index (χ2n) is 7.90. The maximum absolute atomic E-state index is 10.4. The van der Waals surface area contributed by atoms with Crippen LogP contribution in [0.1, 0.15) is 0 Å². The fraction of sp³-hybridized carbons (Fsp3) is 0. The summed E-state index contributed by atoms with van der Waals surface area (Å²) in [6.45, 7) is 0. The molecule has 0 radical (unpaired) electrons. The van der Waals surface area contributed by atoms with Crippen LogP contribution in [0, 0.1) is 6.07 Å². The molecule has 4 heterocycles. The molecule has 0 atom stereocenters. The molecule has 1 N–H and O–H groups in total. The van der Waals surface area contributed by atoms with E-state index in [1.165, 1.54) is 19.5 Å². The molecule has 0 amide bonds. The first-order valence-electron chi connectivity index (χ1n) is 10.6. The maximum Gasteiger partial charge on any atom is 0.124 e. The Balaban J connectivity index is 0.00000217. The zero-order valence-corrected chi connectivity index (χ0v) is 21.5. The van der Waals surface area contributed by atoms with E-state index in [2.05, 4.69) is 41.4 Å². The Morgan fingerprint density at radius 2 is 1.41 bits per heavy atom. The minimum atomic E-state index is 0. The number of benzene rings is 3. The van der Waals surface area contributed by atoms with Gasteiger partial charge in [-0.1, -0.05) is 46.7 Å². The average Bonchev–Trinajstić information content (AvgIpc) is 3.41. The predicted molar refractivity (Wildman–Crippen MR) is 139 cm³/mol. The molecule has 0 bridgehead atoms. The maximum atomic E-state index is 10.4. The van der Waals surface area contributed by atoms with Crippen molar-refractivity contribution >= 4 is 63.1 Å². The molecule has 0 aliphatic heterocycles. The molecule has 0 saturated carbocycles. The molecule has 0 fully saturated rings. The fourth-order valence-electron chi connectivity index (χ4n) is 4.43. The third-order valence-electron chi connectivity index (χ3n) is 5.94. The normalized spacial score (nSPS) is 11.4. The number of hydrogen-bond donors (Lipinski definition) is 1. The van der Waals surface area contributed by atoms with Gasteiger partial charge in [0, 0.05) is 43.2 Å². The van der Waals surface area contributed by atoms with Crippen LogP contribution in [0.15, 0.2) is 85.1 Å². The van der Waals surface area contributed by atoms with E-state index >= 15 is 0 Å². The van der Waals surface area contributed by atoms with Crippen molar-refractivity contribution in [3.05, 3.63) is 91.1 Å². The molecular weight excluding hydrogens is 640 g/mol. The van der Waals surface area contributed by atoms with Crippen LogP contribution in [-0.4, -0.2) is 15.1 Å². The van der Waals surface area contributed by atoms with E-state index in [1.54, 1.807) is 28.7 Å². The van der Waals surface area contributed by atoms with Gasteiger partial charge in [-0.05, 0) is 51.2 Å². The summed E-state index contributed by atoms with van der Waals surface area (Å²) < 4.78 is 4.77. The van der Waals surface area contributed by atoms with Crippen molar-refractivity contribution in [1.29, 1.82) is 0 Å². The van der Waals surface area contributed by atoms with E-state index in [0.717, 1.165) is 43.5 Å². The second-order valence-corrected chi connectivity index (χ2v) is 10.1. The SMILES string of the molecule is Oc1ccccc1-c1ccc2sc3ccc4sc5ccc(-c6ccccn6)[c-]c5c4c3c2n1.[Pt]. The number of fused-ring (bicyclic) bond motifs is 7. The van der Waals surface area contributed by atoms with Gasteiger partial charge in [0.2, 0.25) is 0 Å². The molecule has 4 aromatic heterocycles. The predicted octanol–water partition coefficient (Wildman–Crippen LogP) is 8.05. The summed E-state index contributed by atoms with van der Waals surface area (Å²) in [7, 11) is 0. The average molecular weight is 655 g/mol. The summed E-state index contributed by atoms with van der Waals surface area (Å²) in [5.74, 6) is 0.239. The molecule has 0 aliphatic rings. The molecule has 0 spiro atoms. The first-order valence-corrected chi connectivity index (χ1v) is 12.2. The molecule has 34 heavy (non-hydrogen) atoms. The minimum absolute atomic E-state index is 0. The van der Waals surface area contributed by atoms with E-state index in [9.17, 15) is 5.11 Å². The topological polar surface area (TPSA) is 46.0 Å². The van der Waals surface area contributed by atoms with Crippen molar-refractivity contribution in [2.24, 2.45) is 0 Å². The van der Waals surface area contributed by atoms with E-state index in [1.807, 2.05) is 48.7 Å². The summed E-state index contributed by atoms with van der Waals surface area (Å²) in [6, 6.07) is 29.7. The van der Waals surface area contributed by atoms with Gasteiger partial charge in [0.05, 0.1) is 15.9 Å². The van der Waals surface area contributed by atoms with Gasteiger partial charge in [-0.2, -0.15) is 11.3 Å². The first kappa shape index (κ1) is 21.4.